The normalized spacial score (nSPS) is 12.8. The average molecular weight is 263 g/mol. The first-order chi connectivity index (χ1) is 7.69. The van der Waals surface area contributed by atoms with Crippen LogP contribution in [0.1, 0.15) is 12.0 Å². The summed E-state index contributed by atoms with van der Waals surface area (Å²) in [6, 6.07) is 4.78. The molecule has 3 N–H and O–H groups in total. The number of nitrogens with one attached hydrogen (secondary N) is 1. The Morgan fingerprint density at radius 1 is 1.56 bits per heavy atom. The van der Waals surface area contributed by atoms with Crippen LogP contribution in [0.4, 0.5) is 4.39 Å². The van der Waals surface area contributed by atoms with Crippen molar-refractivity contribution >= 4 is 23.4 Å². The van der Waals surface area contributed by atoms with E-state index < -0.39 is 0 Å². The van der Waals surface area contributed by atoms with Crippen LogP contribution in [0.2, 0.25) is 5.02 Å². The highest BCUT2D eigenvalue weighted by molar-refractivity contribution is 7.98. The van der Waals surface area contributed by atoms with Gasteiger partial charge in [-0.2, -0.15) is 11.8 Å². The molecule has 1 aromatic carbocycles. The standard InChI is InChI=1S/C11H16ClFN2S/c1-16-6-5-8(15-14)7-9-10(12)3-2-4-11(9)13/h2-4,8,15H,5-7,14H2,1H3. The van der Waals surface area contributed by atoms with Crippen LogP contribution in [-0.2, 0) is 6.42 Å². The zero-order valence-corrected chi connectivity index (χ0v) is 10.7. The van der Waals surface area contributed by atoms with Crippen LogP contribution in [0.15, 0.2) is 18.2 Å². The summed E-state index contributed by atoms with van der Waals surface area (Å²) in [6.45, 7) is 0. The summed E-state index contributed by atoms with van der Waals surface area (Å²) in [5, 5.41) is 0.462. The van der Waals surface area contributed by atoms with Gasteiger partial charge >= 0.3 is 0 Å². The number of nitrogens with two attached hydrogens (primary N) is 1. The van der Waals surface area contributed by atoms with Crippen molar-refractivity contribution in [3.63, 3.8) is 0 Å². The maximum absolute atomic E-state index is 13.5. The minimum absolute atomic E-state index is 0.0573. The molecule has 0 saturated heterocycles. The summed E-state index contributed by atoms with van der Waals surface area (Å²) in [4.78, 5) is 0. The van der Waals surface area contributed by atoms with E-state index in [0.29, 0.717) is 17.0 Å². The first-order valence-electron chi connectivity index (χ1n) is 5.07. The van der Waals surface area contributed by atoms with E-state index in [2.05, 4.69) is 5.43 Å². The first kappa shape index (κ1) is 13.8. The van der Waals surface area contributed by atoms with E-state index in [1.807, 2.05) is 6.26 Å². The van der Waals surface area contributed by atoms with Gasteiger partial charge in [0.25, 0.3) is 0 Å². The van der Waals surface area contributed by atoms with E-state index in [1.54, 1.807) is 23.9 Å². The lowest BCUT2D eigenvalue weighted by Gasteiger charge is -2.16. The van der Waals surface area contributed by atoms with Crippen molar-refractivity contribution in [2.45, 2.75) is 18.9 Å². The van der Waals surface area contributed by atoms with E-state index in [-0.39, 0.29) is 11.9 Å². The number of benzene rings is 1. The van der Waals surface area contributed by atoms with Gasteiger partial charge in [0, 0.05) is 16.6 Å². The van der Waals surface area contributed by atoms with Gasteiger partial charge in [0.05, 0.1) is 0 Å². The lowest BCUT2D eigenvalue weighted by atomic mass is 10.0. The van der Waals surface area contributed by atoms with Gasteiger partial charge in [0.15, 0.2) is 0 Å². The molecule has 1 aromatic rings. The maximum Gasteiger partial charge on any atom is 0.127 e. The van der Waals surface area contributed by atoms with Crippen molar-refractivity contribution in [3.05, 3.63) is 34.6 Å². The molecule has 0 aliphatic heterocycles. The predicted octanol–water partition coefficient (Wildman–Crippen LogP) is 2.61. The van der Waals surface area contributed by atoms with Crippen molar-refractivity contribution in [3.8, 4) is 0 Å². The Labute approximate surface area is 105 Å². The minimum atomic E-state index is -0.267. The Kier molecular flexibility index (Phi) is 6.13. The van der Waals surface area contributed by atoms with Crippen LogP contribution >= 0.6 is 23.4 Å². The second kappa shape index (κ2) is 7.12. The molecule has 0 bridgehead atoms. The third kappa shape index (κ3) is 3.94. The third-order valence-corrected chi connectivity index (χ3v) is 3.42. The highest BCUT2D eigenvalue weighted by Crippen LogP contribution is 2.21. The molecule has 0 fully saturated rings. The van der Waals surface area contributed by atoms with Gasteiger partial charge in [-0.1, -0.05) is 17.7 Å². The number of hydrogen-bond acceptors (Lipinski definition) is 3. The fraction of sp³-hybridized carbons (Fsp3) is 0.455. The molecular weight excluding hydrogens is 247 g/mol. The Bertz CT molecular complexity index is 316. The lowest BCUT2D eigenvalue weighted by molar-refractivity contribution is 0.500. The first-order valence-corrected chi connectivity index (χ1v) is 6.84. The van der Waals surface area contributed by atoms with E-state index in [4.69, 9.17) is 17.4 Å². The van der Waals surface area contributed by atoms with Gasteiger partial charge in [0.2, 0.25) is 0 Å². The van der Waals surface area contributed by atoms with Crippen LogP contribution in [0, 0.1) is 5.82 Å². The van der Waals surface area contributed by atoms with Crippen molar-refractivity contribution in [1.82, 2.24) is 5.43 Å². The Morgan fingerprint density at radius 2 is 2.31 bits per heavy atom. The zero-order chi connectivity index (χ0) is 12.0. The number of halogens is 2. The van der Waals surface area contributed by atoms with Gasteiger partial charge in [-0.25, -0.2) is 4.39 Å². The smallest absolute Gasteiger partial charge is 0.127 e. The lowest BCUT2D eigenvalue weighted by Crippen LogP contribution is -2.37. The van der Waals surface area contributed by atoms with Crippen molar-refractivity contribution < 1.29 is 4.39 Å². The topological polar surface area (TPSA) is 38.0 Å². The molecule has 0 spiro atoms. The predicted molar refractivity (Wildman–Crippen MR) is 69.2 cm³/mol. The van der Waals surface area contributed by atoms with Gasteiger partial charge in [-0.3, -0.25) is 11.3 Å². The molecule has 0 amide bonds. The molecule has 90 valence electrons. The number of hydrazine groups is 1. The van der Waals surface area contributed by atoms with Gasteiger partial charge in [-0.05, 0) is 37.0 Å². The van der Waals surface area contributed by atoms with Crippen molar-refractivity contribution in [2.24, 2.45) is 5.84 Å². The molecule has 0 saturated carbocycles. The SMILES string of the molecule is CSCCC(Cc1c(F)cccc1Cl)NN. The van der Waals surface area contributed by atoms with Crippen LogP contribution in [0.25, 0.3) is 0 Å². The molecule has 16 heavy (non-hydrogen) atoms. The number of rotatable bonds is 6. The molecule has 0 aliphatic rings. The molecule has 0 aliphatic carbocycles. The Morgan fingerprint density at radius 3 is 2.88 bits per heavy atom. The molecule has 0 aromatic heterocycles. The summed E-state index contributed by atoms with van der Waals surface area (Å²) in [6.07, 6.45) is 3.44. The summed E-state index contributed by atoms with van der Waals surface area (Å²) in [5.41, 5.74) is 3.24. The van der Waals surface area contributed by atoms with Crippen molar-refractivity contribution in [2.75, 3.05) is 12.0 Å². The average Bonchev–Trinajstić information content (AvgIpc) is 2.28. The summed E-state index contributed by atoms with van der Waals surface area (Å²) in [7, 11) is 0. The largest absolute Gasteiger partial charge is 0.271 e. The molecule has 2 nitrogen and oxygen atoms in total. The molecule has 1 unspecified atom stereocenters. The minimum Gasteiger partial charge on any atom is -0.271 e. The highest BCUT2D eigenvalue weighted by Gasteiger charge is 2.13. The summed E-state index contributed by atoms with van der Waals surface area (Å²) in [5.74, 6) is 6.16. The van der Waals surface area contributed by atoms with E-state index in [0.717, 1.165) is 12.2 Å². The van der Waals surface area contributed by atoms with Gasteiger partial charge in [0.1, 0.15) is 5.82 Å². The quantitative estimate of drug-likeness (QED) is 0.611. The van der Waals surface area contributed by atoms with Gasteiger partial charge in [-0.15, -0.1) is 0 Å². The molecule has 0 radical (unpaired) electrons. The molecule has 5 heteroatoms. The molecular formula is C11H16ClFN2S. The van der Waals surface area contributed by atoms with Crippen LogP contribution < -0.4 is 11.3 Å². The van der Waals surface area contributed by atoms with E-state index >= 15 is 0 Å². The third-order valence-electron chi connectivity index (χ3n) is 2.42. The second-order valence-corrected chi connectivity index (χ2v) is 4.94. The van der Waals surface area contributed by atoms with Crippen LogP contribution in [0.5, 0.6) is 0 Å². The Balaban J connectivity index is 2.69. The zero-order valence-electron chi connectivity index (χ0n) is 9.17. The van der Waals surface area contributed by atoms with E-state index in [1.165, 1.54) is 6.07 Å². The molecule has 1 rings (SSSR count). The fourth-order valence-electron chi connectivity index (χ4n) is 1.48. The van der Waals surface area contributed by atoms with E-state index in [9.17, 15) is 4.39 Å². The maximum atomic E-state index is 13.5. The van der Waals surface area contributed by atoms with Crippen molar-refractivity contribution in [1.29, 1.82) is 0 Å². The Hall–Kier alpha value is -0.290. The summed E-state index contributed by atoms with van der Waals surface area (Å²) >= 11 is 7.69. The fourth-order valence-corrected chi connectivity index (χ4v) is 2.24. The van der Waals surface area contributed by atoms with Crippen LogP contribution in [-0.4, -0.2) is 18.1 Å². The monoisotopic (exact) mass is 262 g/mol. The summed E-state index contributed by atoms with van der Waals surface area (Å²) < 4.78 is 13.5. The second-order valence-electron chi connectivity index (χ2n) is 3.55. The molecule has 1 atom stereocenters. The van der Waals surface area contributed by atoms with Gasteiger partial charge < -0.3 is 0 Å². The molecule has 0 heterocycles. The highest BCUT2D eigenvalue weighted by atomic mass is 35.5. The number of hydrogen-bond donors (Lipinski definition) is 2. The number of thioether (sulfide) groups is 1. The van der Waals surface area contributed by atoms with Crippen LogP contribution in [0.3, 0.4) is 0 Å².